The van der Waals surface area contributed by atoms with Gasteiger partial charge in [0.25, 0.3) is 0 Å². The lowest BCUT2D eigenvalue weighted by Crippen LogP contribution is -1.91. The number of aromatic nitrogens is 4. The molecular weight excluding hydrogens is 234 g/mol. The number of pyridine rings is 1. The number of hydrogen-bond acceptors (Lipinski definition) is 5. The highest BCUT2D eigenvalue weighted by Gasteiger charge is 2.05. The predicted molar refractivity (Wildman–Crippen MR) is 67.2 cm³/mol. The molecule has 0 aliphatic heterocycles. The molecule has 3 aromatic heterocycles. The Hall–Kier alpha value is -2.21. The van der Waals surface area contributed by atoms with E-state index in [-0.39, 0.29) is 0 Å². The Labute approximate surface area is 102 Å². The van der Waals surface area contributed by atoms with Crippen molar-refractivity contribution in [3.8, 4) is 11.4 Å². The molecule has 0 amide bonds. The van der Waals surface area contributed by atoms with E-state index in [0.717, 1.165) is 22.3 Å². The first-order valence-electron chi connectivity index (χ1n) is 5.05. The fourth-order valence-corrected chi connectivity index (χ4v) is 2.12. The van der Waals surface area contributed by atoms with E-state index in [4.69, 9.17) is 0 Å². The molecule has 5 nitrogen and oxygen atoms in total. The number of H-pyrrole nitrogens is 1. The number of hydrogen-bond donors (Lipinski definition) is 2. The van der Waals surface area contributed by atoms with Gasteiger partial charge < -0.3 is 5.32 Å². The van der Waals surface area contributed by atoms with Crippen LogP contribution in [0, 0.1) is 0 Å². The summed E-state index contributed by atoms with van der Waals surface area (Å²) in [5.74, 6) is 0.790. The van der Waals surface area contributed by atoms with Crippen LogP contribution in [0.3, 0.4) is 0 Å². The first kappa shape index (κ1) is 9.98. The molecule has 0 radical (unpaired) electrons. The third-order valence-electron chi connectivity index (χ3n) is 2.18. The fourth-order valence-electron chi connectivity index (χ4n) is 1.40. The van der Waals surface area contributed by atoms with E-state index in [0.29, 0.717) is 0 Å². The Morgan fingerprint density at radius 3 is 2.94 bits per heavy atom. The van der Waals surface area contributed by atoms with E-state index in [2.05, 4.69) is 25.5 Å². The highest BCUT2D eigenvalue weighted by Crippen LogP contribution is 2.24. The van der Waals surface area contributed by atoms with Crippen LogP contribution in [0.5, 0.6) is 0 Å². The van der Waals surface area contributed by atoms with Crippen LogP contribution in [0.25, 0.3) is 11.4 Å². The van der Waals surface area contributed by atoms with Gasteiger partial charge in [-0.15, -0.1) is 11.3 Å². The first-order valence-corrected chi connectivity index (χ1v) is 5.93. The molecule has 3 heterocycles. The molecule has 6 heteroatoms. The molecule has 0 saturated heterocycles. The van der Waals surface area contributed by atoms with Crippen LogP contribution in [-0.4, -0.2) is 20.2 Å². The van der Waals surface area contributed by atoms with E-state index in [9.17, 15) is 0 Å². The van der Waals surface area contributed by atoms with Crippen molar-refractivity contribution >= 4 is 22.3 Å². The summed E-state index contributed by atoms with van der Waals surface area (Å²) in [6.45, 7) is 0. The quantitative estimate of drug-likeness (QED) is 0.742. The Morgan fingerprint density at radius 2 is 2.18 bits per heavy atom. The molecule has 0 unspecified atom stereocenters. The minimum atomic E-state index is 0.790. The third-order valence-corrected chi connectivity index (χ3v) is 2.94. The maximum atomic E-state index is 4.44. The largest absolute Gasteiger partial charge is 0.316 e. The van der Waals surface area contributed by atoms with Crippen LogP contribution in [0.1, 0.15) is 0 Å². The lowest BCUT2D eigenvalue weighted by Gasteiger charge is -1.99. The van der Waals surface area contributed by atoms with Crippen LogP contribution in [-0.2, 0) is 0 Å². The van der Waals surface area contributed by atoms with Crippen LogP contribution in [0.15, 0.2) is 42.0 Å². The summed E-state index contributed by atoms with van der Waals surface area (Å²) in [5, 5.41) is 12.7. The van der Waals surface area contributed by atoms with Gasteiger partial charge in [-0.3, -0.25) is 5.10 Å². The molecule has 0 fully saturated rings. The van der Waals surface area contributed by atoms with Crippen LogP contribution in [0.2, 0.25) is 0 Å². The van der Waals surface area contributed by atoms with Gasteiger partial charge in [-0.1, -0.05) is 6.07 Å². The van der Waals surface area contributed by atoms with Crippen molar-refractivity contribution in [2.45, 2.75) is 0 Å². The average molecular weight is 243 g/mol. The third kappa shape index (κ3) is 2.16. The SMILES string of the molecule is c1ccc(Nc2nc(-c3ccn[nH]3)cs2)nc1. The molecule has 3 rings (SSSR count). The standard InChI is InChI=1S/C11H9N5S/c1-2-5-12-10(3-1)15-11-14-9(7-17-11)8-4-6-13-16-8/h1-7H,(H,13,16)(H,12,14,15). The second kappa shape index (κ2) is 4.34. The number of thiazole rings is 1. The topological polar surface area (TPSA) is 66.5 Å². The number of aromatic amines is 1. The molecule has 0 saturated carbocycles. The van der Waals surface area contributed by atoms with Gasteiger partial charge in [-0.05, 0) is 18.2 Å². The highest BCUT2D eigenvalue weighted by molar-refractivity contribution is 7.14. The maximum absolute atomic E-state index is 4.44. The van der Waals surface area contributed by atoms with Gasteiger partial charge in [-0.2, -0.15) is 5.10 Å². The summed E-state index contributed by atoms with van der Waals surface area (Å²) >= 11 is 1.53. The smallest absolute Gasteiger partial charge is 0.188 e. The maximum Gasteiger partial charge on any atom is 0.188 e. The lowest BCUT2D eigenvalue weighted by molar-refractivity contribution is 1.09. The molecule has 0 atom stereocenters. The van der Waals surface area contributed by atoms with E-state index in [1.165, 1.54) is 11.3 Å². The van der Waals surface area contributed by atoms with Gasteiger partial charge >= 0.3 is 0 Å². The zero-order valence-electron chi connectivity index (χ0n) is 8.79. The molecule has 0 bridgehead atoms. The van der Waals surface area contributed by atoms with E-state index in [1.54, 1.807) is 12.4 Å². The van der Waals surface area contributed by atoms with Crippen LogP contribution < -0.4 is 5.32 Å². The van der Waals surface area contributed by atoms with Crippen molar-refractivity contribution in [3.63, 3.8) is 0 Å². The molecule has 3 aromatic rings. The summed E-state index contributed by atoms with van der Waals surface area (Å²) in [4.78, 5) is 8.63. The highest BCUT2D eigenvalue weighted by atomic mass is 32.1. The van der Waals surface area contributed by atoms with Gasteiger partial charge in [0.1, 0.15) is 11.5 Å². The zero-order chi connectivity index (χ0) is 11.5. The van der Waals surface area contributed by atoms with Crippen molar-refractivity contribution < 1.29 is 0 Å². The number of anilines is 2. The summed E-state index contributed by atoms with van der Waals surface area (Å²) in [5.41, 5.74) is 1.79. The van der Waals surface area contributed by atoms with Crippen molar-refractivity contribution in [2.75, 3.05) is 5.32 Å². The predicted octanol–water partition coefficient (Wildman–Crippen LogP) is 2.67. The van der Waals surface area contributed by atoms with Gasteiger partial charge in [0.2, 0.25) is 0 Å². The van der Waals surface area contributed by atoms with Crippen molar-refractivity contribution in [1.29, 1.82) is 0 Å². The Bertz CT molecular complexity index is 587. The number of rotatable bonds is 3. The Kier molecular flexibility index (Phi) is 2.55. The second-order valence-corrected chi connectivity index (χ2v) is 4.21. The number of nitrogens with zero attached hydrogens (tertiary/aromatic N) is 3. The fraction of sp³-hybridized carbons (Fsp3) is 0. The van der Waals surface area contributed by atoms with Gasteiger partial charge in [0, 0.05) is 17.8 Å². The van der Waals surface area contributed by atoms with E-state index < -0.39 is 0 Å². The van der Waals surface area contributed by atoms with E-state index >= 15 is 0 Å². The molecule has 0 aromatic carbocycles. The summed E-state index contributed by atoms with van der Waals surface area (Å²) in [6.07, 6.45) is 3.45. The number of nitrogens with one attached hydrogen (secondary N) is 2. The monoisotopic (exact) mass is 243 g/mol. The summed E-state index contributed by atoms with van der Waals surface area (Å²) in [6, 6.07) is 7.60. The molecule has 17 heavy (non-hydrogen) atoms. The molecule has 0 aliphatic carbocycles. The molecular formula is C11H9N5S. The van der Waals surface area contributed by atoms with Crippen molar-refractivity contribution in [1.82, 2.24) is 20.2 Å². The first-order chi connectivity index (χ1) is 8.42. The van der Waals surface area contributed by atoms with Crippen molar-refractivity contribution in [3.05, 3.63) is 42.0 Å². The Morgan fingerprint density at radius 1 is 1.18 bits per heavy atom. The normalized spacial score (nSPS) is 10.4. The van der Waals surface area contributed by atoms with E-state index in [1.807, 2.05) is 29.6 Å². The molecule has 2 N–H and O–H groups in total. The van der Waals surface area contributed by atoms with Crippen LogP contribution >= 0.6 is 11.3 Å². The average Bonchev–Trinajstić information content (AvgIpc) is 3.00. The van der Waals surface area contributed by atoms with Crippen molar-refractivity contribution in [2.24, 2.45) is 0 Å². The summed E-state index contributed by atoms with van der Waals surface area (Å²) in [7, 11) is 0. The minimum Gasteiger partial charge on any atom is -0.316 e. The summed E-state index contributed by atoms with van der Waals surface area (Å²) < 4.78 is 0. The molecule has 0 spiro atoms. The lowest BCUT2D eigenvalue weighted by atomic mass is 10.3. The second-order valence-electron chi connectivity index (χ2n) is 3.35. The van der Waals surface area contributed by atoms with Gasteiger partial charge in [0.05, 0.1) is 5.69 Å². The van der Waals surface area contributed by atoms with Gasteiger partial charge in [0.15, 0.2) is 5.13 Å². The minimum absolute atomic E-state index is 0.790. The van der Waals surface area contributed by atoms with Crippen LogP contribution in [0.4, 0.5) is 10.9 Å². The zero-order valence-corrected chi connectivity index (χ0v) is 9.61. The molecule has 0 aliphatic rings. The van der Waals surface area contributed by atoms with Gasteiger partial charge in [-0.25, -0.2) is 9.97 Å². The Balaban J connectivity index is 1.82. The molecule has 84 valence electrons.